The van der Waals surface area contributed by atoms with Crippen molar-refractivity contribution in [3.63, 3.8) is 0 Å². The lowest BCUT2D eigenvalue weighted by atomic mass is 9.83. The second kappa shape index (κ2) is 3.46. The Bertz CT molecular complexity index is 175. The highest BCUT2D eigenvalue weighted by molar-refractivity contribution is 5.68. The van der Waals surface area contributed by atoms with Gasteiger partial charge in [-0.05, 0) is 30.6 Å². The molecule has 3 atom stereocenters. The highest BCUT2D eigenvalue weighted by Crippen LogP contribution is 2.40. The molecule has 0 saturated heterocycles. The molecule has 0 amide bonds. The Hall–Kier alpha value is -0.530. The molecule has 1 aliphatic rings. The van der Waals surface area contributed by atoms with Gasteiger partial charge in [-0.15, -0.1) is 0 Å². The van der Waals surface area contributed by atoms with Crippen LogP contribution in [0.25, 0.3) is 0 Å². The van der Waals surface area contributed by atoms with Crippen LogP contribution in [-0.4, -0.2) is 5.97 Å². The molecule has 12 heavy (non-hydrogen) atoms. The van der Waals surface area contributed by atoms with E-state index in [2.05, 4.69) is 13.8 Å². The Morgan fingerprint density at radius 2 is 2.00 bits per heavy atom. The van der Waals surface area contributed by atoms with E-state index in [1.165, 1.54) is 0 Å². The van der Waals surface area contributed by atoms with Gasteiger partial charge in [0.15, 0.2) is 0 Å². The summed E-state index contributed by atoms with van der Waals surface area (Å²) in [5.41, 5.74) is 0. The molecule has 0 aromatic carbocycles. The summed E-state index contributed by atoms with van der Waals surface area (Å²) in [5, 5.41) is 10.8. The molecule has 1 fully saturated rings. The molecule has 1 rings (SSSR count). The molecule has 0 aromatic rings. The van der Waals surface area contributed by atoms with Gasteiger partial charge in [0, 0.05) is 11.9 Å². The summed E-state index contributed by atoms with van der Waals surface area (Å²) in [5.74, 6) is 0.0638. The van der Waals surface area contributed by atoms with Crippen LogP contribution in [0.5, 0.6) is 0 Å². The Morgan fingerprint density at radius 1 is 1.42 bits per heavy atom. The van der Waals surface area contributed by atoms with Gasteiger partial charge < -0.3 is 9.90 Å². The van der Waals surface area contributed by atoms with Crippen molar-refractivity contribution in [3.05, 3.63) is 0 Å². The first-order valence-corrected chi connectivity index (χ1v) is 4.75. The minimum atomic E-state index is -0.848. The quantitative estimate of drug-likeness (QED) is 0.620. The summed E-state index contributed by atoms with van der Waals surface area (Å²) in [7, 11) is 0. The number of hydrogen-bond acceptors (Lipinski definition) is 2. The Balaban J connectivity index is 2.70. The highest BCUT2D eigenvalue weighted by atomic mass is 16.4. The first-order chi connectivity index (χ1) is 5.54. The fourth-order valence-corrected chi connectivity index (χ4v) is 2.39. The fraction of sp³-hybridized carbons (Fsp3) is 0.900. The summed E-state index contributed by atoms with van der Waals surface area (Å²) in [4.78, 5) is 10.8. The molecular weight excluding hydrogens is 152 g/mol. The third-order valence-corrected chi connectivity index (χ3v) is 3.16. The van der Waals surface area contributed by atoms with Crippen molar-refractivity contribution in [1.29, 1.82) is 0 Å². The molecule has 2 nitrogen and oxygen atoms in total. The third-order valence-electron chi connectivity index (χ3n) is 3.16. The molecule has 0 bridgehead atoms. The van der Waals surface area contributed by atoms with E-state index in [1.807, 2.05) is 6.92 Å². The van der Waals surface area contributed by atoms with Crippen LogP contribution in [0.15, 0.2) is 0 Å². The number of carboxylic acid groups (broad SMARTS) is 1. The monoisotopic (exact) mass is 169 g/mol. The Labute approximate surface area is 74.0 Å². The molecule has 2 heteroatoms. The molecular formula is C10H17O2-. The summed E-state index contributed by atoms with van der Waals surface area (Å²) in [6.07, 6.45) is 2.10. The van der Waals surface area contributed by atoms with Crippen LogP contribution < -0.4 is 5.11 Å². The van der Waals surface area contributed by atoms with Gasteiger partial charge in [-0.2, -0.15) is 0 Å². The molecule has 0 aromatic heterocycles. The molecule has 0 aliphatic heterocycles. The third kappa shape index (κ3) is 1.62. The van der Waals surface area contributed by atoms with Gasteiger partial charge in [-0.25, -0.2) is 0 Å². The maximum Gasteiger partial charge on any atom is 0.0450 e. The van der Waals surface area contributed by atoms with E-state index in [1.54, 1.807) is 0 Å². The molecule has 0 N–H and O–H groups in total. The van der Waals surface area contributed by atoms with Gasteiger partial charge in [0.25, 0.3) is 0 Å². The zero-order chi connectivity index (χ0) is 9.30. The molecule has 0 unspecified atom stereocenters. The summed E-state index contributed by atoms with van der Waals surface area (Å²) < 4.78 is 0. The standard InChI is InChI=1S/C10H18O2/c1-6(2)8-5-4-7(3)9(8)10(11)12/h6-9H,4-5H2,1-3H3,(H,11,12)/p-1/t7-,8-,9+/m0/s1. The van der Waals surface area contributed by atoms with E-state index in [4.69, 9.17) is 0 Å². The number of aliphatic carboxylic acids is 1. The molecule has 1 saturated carbocycles. The number of carbonyl (C=O) groups is 1. The SMILES string of the molecule is CC(C)[C@@H]1CC[C@H](C)[C@H]1C(=O)[O-]. The molecule has 70 valence electrons. The van der Waals surface area contributed by atoms with Crippen molar-refractivity contribution in [1.82, 2.24) is 0 Å². The smallest absolute Gasteiger partial charge is 0.0450 e. The van der Waals surface area contributed by atoms with Gasteiger partial charge in [-0.3, -0.25) is 0 Å². The van der Waals surface area contributed by atoms with Crippen LogP contribution in [0, 0.1) is 23.7 Å². The Kier molecular flexibility index (Phi) is 2.76. The van der Waals surface area contributed by atoms with Crippen molar-refractivity contribution < 1.29 is 9.90 Å². The Morgan fingerprint density at radius 3 is 2.33 bits per heavy atom. The molecule has 0 heterocycles. The lowest BCUT2D eigenvalue weighted by Gasteiger charge is -2.26. The highest BCUT2D eigenvalue weighted by Gasteiger charge is 2.35. The van der Waals surface area contributed by atoms with Crippen molar-refractivity contribution in [2.45, 2.75) is 33.6 Å². The van der Waals surface area contributed by atoms with Crippen molar-refractivity contribution in [2.24, 2.45) is 23.7 Å². The van der Waals surface area contributed by atoms with E-state index in [0.717, 1.165) is 12.8 Å². The molecule has 0 spiro atoms. The van der Waals surface area contributed by atoms with Gasteiger partial charge >= 0.3 is 0 Å². The summed E-state index contributed by atoms with van der Waals surface area (Å²) in [6.45, 7) is 6.21. The maximum absolute atomic E-state index is 10.8. The predicted octanol–water partition coefficient (Wildman–Crippen LogP) is 1.05. The van der Waals surface area contributed by atoms with E-state index in [0.29, 0.717) is 17.8 Å². The van der Waals surface area contributed by atoms with Crippen LogP contribution in [0.2, 0.25) is 0 Å². The second-order valence-electron chi connectivity index (χ2n) is 4.31. The van der Waals surface area contributed by atoms with E-state index < -0.39 is 5.97 Å². The largest absolute Gasteiger partial charge is 0.550 e. The lowest BCUT2D eigenvalue weighted by Crippen LogP contribution is -2.37. The van der Waals surface area contributed by atoms with Crippen LogP contribution in [0.1, 0.15) is 33.6 Å². The van der Waals surface area contributed by atoms with Crippen LogP contribution in [-0.2, 0) is 4.79 Å². The minimum absolute atomic E-state index is 0.204. The van der Waals surface area contributed by atoms with Gasteiger partial charge in [0.2, 0.25) is 0 Å². The van der Waals surface area contributed by atoms with E-state index >= 15 is 0 Å². The normalized spacial score (nSPS) is 35.8. The average Bonchev–Trinajstić information content (AvgIpc) is 2.30. The summed E-state index contributed by atoms with van der Waals surface area (Å²) >= 11 is 0. The lowest BCUT2D eigenvalue weighted by molar-refractivity contribution is -0.314. The van der Waals surface area contributed by atoms with Crippen LogP contribution in [0.4, 0.5) is 0 Å². The summed E-state index contributed by atoms with van der Waals surface area (Å²) in [6, 6.07) is 0. The number of carboxylic acids is 1. The molecule has 0 radical (unpaired) electrons. The van der Waals surface area contributed by atoms with Gasteiger partial charge in [0.05, 0.1) is 0 Å². The van der Waals surface area contributed by atoms with Gasteiger partial charge in [0.1, 0.15) is 0 Å². The maximum atomic E-state index is 10.8. The van der Waals surface area contributed by atoms with Crippen molar-refractivity contribution >= 4 is 5.97 Å². The van der Waals surface area contributed by atoms with Gasteiger partial charge in [-0.1, -0.05) is 20.8 Å². The zero-order valence-corrected chi connectivity index (χ0v) is 8.04. The topological polar surface area (TPSA) is 40.1 Å². The van der Waals surface area contributed by atoms with Crippen LogP contribution in [0.3, 0.4) is 0 Å². The first kappa shape index (κ1) is 9.56. The second-order valence-corrected chi connectivity index (χ2v) is 4.31. The zero-order valence-electron chi connectivity index (χ0n) is 8.04. The predicted molar refractivity (Wildman–Crippen MR) is 45.2 cm³/mol. The van der Waals surface area contributed by atoms with Crippen molar-refractivity contribution in [2.75, 3.05) is 0 Å². The van der Waals surface area contributed by atoms with E-state index in [9.17, 15) is 9.90 Å². The number of rotatable bonds is 2. The number of carbonyl (C=O) groups excluding carboxylic acids is 1. The average molecular weight is 169 g/mol. The number of hydrogen-bond donors (Lipinski definition) is 0. The van der Waals surface area contributed by atoms with E-state index in [-0.39, 0.29) is 5.92 Å². The van der Waals surface area contributed by atoms with Crippen molar-refractivity contribution in [3.8, 4) is 0 Å². The molecule has 1 aliphatic carbocycles. The minimum Gasteiger partial charge on any atom is -0.550 e. The first-order valence-electron chi connectivity index (χ1n) is 4.75. The fourth-order valence-electron chi connectivity index (χ4n) is 2.39. The van der Waals surface area contributed by atoms with Crippen LogP contribution >= 0.6 is 0 Å².